The average Bonchev–Trinajstić information content (AvgIpc) is 2.62. The number of thiocarbonyl (C=S) groups is 1. The van der Waals surface area contributed by atoms with Crippen molar-refractivity contribution in [3.63, 3.8) is 0 Å². The largest absolute Gasteiger partial charge is 0.298 e. The van der Waals surface area contributed by atoms with E-state index >= 15 is 0 Å². The number of hydrogen-bond acceptors (Lipinski definition) is 5. The zero-order chi connectivity index (χ0) is 20.6. The molecule has 0 atom stereocenters. The summed E-state index contributed by atoms with van der Waals surface area (Å²) < 4.78 is 0. The number of hydrogen-bond donors (Lipinski definition) is 1. The van der Waals surface area contributed by atoms with E-state index in [9.17, 15) is 19.7 Å². The quantitative estimate of drug-likeness (QED) is 0.243. The molecule has 28 heavy (non-hydrogen) atoms. The fraction of sp³-hybridized carbons (Fsp3) is 0. The Morgan fingerprint density at radius 1 is 1.07 bits per heavy atom. The third-order valence-corrected chi connectivity index (χ3v) is 5.04. The van der Waals surface area contributed by atoms with Gasteiger partial charge in [-0.3, -0.25) is 29.9 Å². The van der Waals surface area contributed by atoms with Crippen LogP contribution in [0.4, 0.5) is 11.4 Å². The van der Waals surface area contributed by atoms with Crippen LogP contribution in [0.5, 0.6) is 0 Å². The van der Waals surface area contributed by atoms with Crippen LogP contribution in [0, 0.1) is 10.1 Å². The third kappa shape index (κ3) is 3.72. The van der Waals surface area contributed by atoms with Crippen LogP contribution in [0.1, 0.15) is 5.56 Å². The van der Waals surface area contributed by atoms with Gasteiger partial charge in [0, 0.05) is 21.7 Å². The number of carbonyl (C=O) groups is 2. The van der Waals surface area contributed by atoms with Gasteiger partial charge in [-0.15, -0.1) is 0 Å². The molecule has 3 rings (SSSR count). The maximum atomic E-state index is 12.9. The van der Waals surface area contributed by atoms with Gasteiger partial charge in [0.15, 0.2) is 5.11 Å². The molecule has 0 unspecified atom stereocenters. The zero-order valence-corrected chi connectivity index (χ0v) is 16.7. The summed E-state index contributed by atoms with van der Waals surface area (Å²) in [5.41, 5.74) is -0.402. The van der Waals surface area contributed by atoms with Gasteiger partial charge in [0.25, 0.3) is 17.5 Å². The summed E-state index contributed by atoms with van der Waals surface area (Å²) in [6, 6.07) is 8.60. The van der Waals surface area contributed by atoms with E-state index in [0.29, 0.717) is 10.7 Å². The van der Waals surface area contributed by atoms with Crippen molar-refractivity contribution in [3.8, 4) is 0 Å². The van der Waals surface area contributed by atoms with Gasteiger partial charge < -0.3 is 0 Å². The molecule has 0 spiro atoms. The maximum absolute atomic E-state index is 12.9. The fourth-order valence-corrected chi connectivity index (χ4v) is 3.41. The lowest BCUT2D eigenvalue weighted by Crippen LogP contribution is -2.54. The summed E-state index contributed by atoms with van der Waals surface area (Å²) >= 11 is 23.1. The molecule has 2 aromatic rings. The number of carbonyl (C=O) groups excluding carboxylic acids is 2. The minimum absolute atomic E-state index is 0.0279. The van der Waals surface area contributed by atoms with Gasteiger partial charge in [-0.2, -0.15) is 0 Å². The topological polar surface area (TPSA) is 92.6 Å². The van der Waals surface area contributed by atoms with Gasteiger partial charge in [0.05, 0.1) is 10.6 Å². The molecule has 0 radical (unpaired) electrons. The second-order valence-electron chi connectivity index (χ2n) is 5.49. The minimum atomic E-state index is -0.779. The molecule has 1 aliphatic heterocycles. The van der Waals surface area contributed by atoms with Crippen LogP contribution in [0.2, 0.25) is 15.1 Å². The molecule has 11 heteroatoms. The van der Waals surface area contributed by atoms with Crippen molar-refractivity contribution >= 4 is 81.4 Å². The Morgan fingerprint density at radius 3 is 2.32 bits per heavy atom. The Hall–Kier alpha value is -2.52. The number of amides is 2. The van der Waals surface area contributed by atoms with Crippen molar-refractivity contribution in [2.24, 2.45) is 0 Å². The second-order valence-corrected chi connectivity index (χ2v) is 7.09. The standard InChI is InChI=1S/C17H8Cl3N3O4S/c18-8-1-3-9(4-2-8)22-16(25)11(15(24)21-17(22)28)7-10-12(19)5-6-13(14(10)20)23(26)27/h1-7H,(H,21,24,28)/b11-7+. The SMILES string of the molecule is O=C1NC(=S)N(c2ccc(Cl)cc2)C(=O)/C1=C/c1c(Cl)ccc([N+](=O)[O-])c1Cl. The summed E-state index contributed by atoms with van der Waals surface area (Å²) in [5, 5.41) is 13.6. The predicted octanol–water partition coefficient (Wildman–Crippen LogP) is 4.39. The van der Waals surface area contributed by atoms with E-state index in [4.69, 9.17) is 47.0 Å². The molecule has 0 aliphatic carbocycles. The monoisotopic (exact) mass is 455 g/mol. The van der Waals surface area contributed by atoms with Gasteiger partial charge >= 0.3 is 0 Å². The van der Waals surface area contributed by atoms with Crippen molar-refractivity contribution in [3.05, 3.63) is 72.7 Å². The zero-order valence-electron chi connectivity index (χ0n) is 13.6. The fourth-order valence-electron chi connectivity index (χ4n) is 2.46. The number of anilines is 1. The highest BCUT2D eigenvalue weighted by atomic mass is 35.5. The highest BCUT2D eigenvalue weighted by molar-refractivity contribution is 7.80. The number of nitrogens with zero attached hydrogens (tertiary/aromatic N) is 2. The van der Waals surface area contributed by atoms with E-state index in [1.54, 1.807) is 24.3 Å². The summed E-state index contributed by atoms with van der Waals surface area (Å²) in [4.78, 5) is 36.8. The van der Waals surface area contributed by atoms with E-state index < -0.39 is 22.4 Å². The molecular formula is C17H8Cl3N3O4S. The number of benzene rings is 2. The average molecular weight is 457 g/mol. The highest BCUT2D eigenvalue weighted by Gasteiger charge is 2.35. The molecule has 1 saturated heterocycles. The van der Waals surface area contributed by atoms with Crippen LogP contribution >= 0.6 is 47.0 Å². The number of nitro benzene ring substituents is 1. The van der Waals surface area contributed by atoms with E-state index in [0.717, 1.165) is 17.0 Å². The lowest BCUT2D eigenvalue weighted by molar-refractivity contribution is -0.384. The van der Waals surface area contributed by atoms with Gasteiger partial charge in [-0.25, -0.2) is 0 Å². The summed E-state index contributed by atoms with van der Waals surface area (Å²) in [6.45, 7) is 0. The third-order valence-electron chi connectivity index (χ3n) is 3.78. The first kappa shape index (κ1) is 20.2. The molecular weight excluding hydrogens is 449 g/mol. The van der Waals surface area contributed by atoms with Crippen LogP contribution in [-0.4, -0.2) is 21.9 Å². The second kappa shape index (κ2) is 7.84. The summed E-state index contributed by atoms with van der Waals surface area (Å²) in [6.07, 6.45) is 1.10. The van der Waals surface area contributed by atoms with Crippen molar-refractivity contribution in [2.75, 3.05) is 4.90 Å². The van der Waals surface area contributed by atoms with Crippen molar-refractivity contribution < 1.29 is 14.5 Å². The van der Waals surface area contributed by atoms with Crippen LogP contribution in [0.15, 0.2) is 42.0 Å². The normalized spacial score (nSPS) is 15.8. The van der Waals surface area contributed by atoms with Crippen molar-refractivity contribution in [1.82, 2.24) is 5.32 Å². The first-order valence-corrected chi connectivity index (χ1v) is 9.04. The van der Waals surface area contributed by atoms with Crippen molar-refractivity contribution in [2.45, 2.75) is 0 Å². The molecule has 2 aromatic carbocycles. The van der Waals surface area contributed by atoms with Crippen LogP contribution in [0.25, 0.3) is 6.08 Å². The molecule has 7 nitrogen and oxygen atoms in total. The molecule has 1 aliphatic rings. The van der Waals surface area contributed by atoms with Crippen LogP contribution in [0.3, 0.4) is 0 Å². The highest BCUT2D eigenvalue weighted by Crippen LogP contribution is 2.35. The Kier molecular flexibility index (Phi) is 5.66. The lowest BCUT2D eigenvalue weighted by Gasteiger charge is -2.29. The molecule has 0 aromatic heterocycles. The van der Waals surface area contributed by atoms with E-state index in [2.05, 4.69) is 5.32 Å². The number of nitro groups is 1. The lowest BCUT2D eigenvalue weighted by atomic mass is 10.1. The van der Waals surface area contributed by atoms with Crippen LogP contribution in [-0.2, 0) is 9.59 Å². The van der Waals surface area contributed by atoms with E-state index in [1.807, 2.05) is 0 Å². The number of rotatable bonds is 3. The Morgan fingerprint density at radius 2 is 1.71 bits per heavy atom. The van der Waals surface area contributed by atoms with Gasteiger partial charge in [0.1, 0.15) is 10.6 Å². The van der Waals surface area contributed by atoms with E-state index in [-0.39, 0.29) is 26.3 Å². The molecule has 1 fully saturated rings. The molecule has 2 amide bonds. The summed E-state index contributed by atoms with van der Waals surface area (Å²) in [5.74, 6) is -1.52. The first-order chi connectivity index (χ1) is 13.2. The molecule has 0 bridgehead atoms. The Balaban J connectivity index is 2.11. The van der Waals surface area contributed by atoms with Crippen molar-refractivity contribution in [1.29, 1.82) is 0 Å². The Labute approximate surface area is 178 Å². The summed E-state index contributed by atoms with van der Waals surface area (Å²) in [7, 11) is 0. The minimum Gasteiger partial charge on any atom is -0.298 e. The Bertz CT molecular complexity index is 1070. The number of nitrogens with one attached hydrogen (secondary N) is 1. The molecule has 142 valence electrons. The van der Waals surface area contributed by atoms with E-state index in [1.165, 1.54) is 6.07 Å². The smallest absolute Gasteiger partial charge is 0.288 e. The van der Waals surface area contributed by atoms with Gasteiger partial charge in [-0.1, -0.05) is 34.8 Å². The van der Waals surface area contributed by atoms with Gasteiger partial charge in [-0.05, 0) is 48.6 Å². The molecule has 1 heterocycles. The maximum Gasteiger partial charge on any atom is 0.288 e. The predicted molar refractivity (Wildman–Crippen MR) is 111 cm³/mol. The van der Waals surface area contributed by atoms with Gasteiger partial charge in [0.2, 0.25) is 0 Å². The van der Waals surface area contributed by atoms with Crippen LogP contribution < -0.4 is 10.2 Å². The molecule has 0 saturated carbocycles. The number of halogens is 3. The molecule has 1 N–H and O–H groups in total. The first-order valence-electron chi connectivity index (χ1n) is 7.50.